The van der Waals surface area contributed by atoms with Crippen LogP contribution in [-0.2, 0) is 16.6 Å². The van der Waals surface area contributed by atoms with Gasteiger partial charge in [-0.25, -0.2) is 18.6 Å². The van der Waals surface area contributed by atoms with Crippen LogP contribution in [0.3, 0.4) is 0 Å². The minimum Gasteiger partial charge on any atom is -0.382 e. The summed E-state index contributed by atoms with van der Waals surface area (Å²) in [5.41, 5.74) is 1.82. The molecule has 0 radical (unpaired) electrons. The first kappa shape index (κ1) is 28.9. The second kappa shape index (κ2) is 12.0. The lowest BCUT2D eigenvalue weighted by molar-refractivity contribution is -0.118. The zero-order valence-corrected chi connectivity index (χ0v) is 22.7. The van der Waals surface area contributed by atoms with Crippen LogP contribution in [0.15, 0.2) is 48.8 Å². The van der Waals surface area contributed by atoms with E-state index in [4.69, 9.17) is 16.3 Å². The van der Waals surface area contributed by atoms with Crippen LogP contribution in [0.5, 0.6) is 0 Å². The van der Waals surface area contributed by atoms with Crippen LogP contribution in [0, 0.1) is 6.92 Å². The summed E-state index contributed by atoms with van der Waals surface area (Å²) in [7, 11) is 2.99. The van der Waals surface area contributed by atoms with Crippen molar-refractivity contribution in [2.24, 2.45) is 7.05 Å². The average molecular weight is 576 g/mol. The van der Waals surface area contributed by atoms with Crippen LogP contribution in [-0.4, -0.2) is 70.2 Å². The molecule has 4 amide bonds. The third kappa shape index (κ3) is 6.54. The highest BCUT2D eigenvalue weighted by molar-refractivity contribution is 6.31. The van der Waals surface area contributed by atoms with Crippen molar-refractivity contribution in [1.29, 1.82) is 0 Å². The van der Waals surface area contributed by atoms with E-state index in [0.29, 0.717) is 21.7 Å². The first-order valence-electron chi connectivity index (χ1n) is 12.2. The van der Waals surface area contributed by atoms with Crippen LogP contribution < -0.4 is 16.0 Å². The molecule has 1 aromatic carbocycles. The Morgan fingerprint density at radius 3 is 2.65 bits per heavy atom. The Morgan fingerprint density at radius 2 is 1.98 bits per heavy atom. The predicted octanol–water partition coefficient (Wildman–Crippen LogP) is 3.23. The van der Waals surface area contributed by atoms with Gasteiger partial charge in [-0.05, 0) is 47.9 Å². The largest absolute Gasteiger partial charge is 0.382 e. The van der Waals surface area contributed by atoms with Gasteiger partial charge in [-0.1, -0.05) is 23.7 Å². The number of halogens is 3. The van der Waals surface area contributed by atoms with Gasteiger partial charge in [0.15, 0.2) is 0 Å². The number of rotatable bonds is 9. The number of nitrogens with one attached hydrogen (secondary N) is 3. The lowest BCUT2D eigenvalue weighted by atomic mass is 10.0. The number of ether oxygens (including phenoxy) is 1. The van der Waals surface area contributed by atoms with Gasteiger partial charge in [0.2, 0.25) is 0 Å². The number of carbonyl (C=O) groups excluding carboxylic acids is 3. The zero-order chi connectivity index (χ0) is 29.0. The quantitative estimate of drug-likeness (QED) is 0.359. The number of hydrogen-bond donors (Lipinski definition) is 3. The maximum absolute atomic E-state index is 14.1. The van der Waals surface area contributed by atoms with Crippen LogP contribution in [0.2, 0.25) is 5.02 Å². The van der Waals surface area contributed by atoms with Gasteiger partial charge in [0.05, 0.1) is 25.7 Å². The molecule has 3 heterocycles. The highest BCUT2D eigenvalue weighted by Gasteiger charge is 2.42. The summed E-state index contributed by atoms with van der Waals surface area (Å²) >= 11 is 6.17. The van der Waals surface area contributed by atoms with Crippen molar-refractivity contribution in [2.45, 2.75) is 24.9 Å². The Hall–Kier alpha value is -4.10. The van der Waals surface area contributed by atoms with E-state index in [9.17, 15) is 23.2 Å². The zero-order valence-electron chi connectivity index (χ0n) is 22.0. The molecule has 1 fully saturated rings. The number of alkyl halides is 2. The summed E-state index contributed by atoms with van der Waals surface area (Å²) in [5, 5.41) is 12.1. The van der Waals surface area contributed by atoms with E-state index in [-0.39, 0.29) is 18.1 Å². The maximum Gasteiger partial charge on any atom is 0.318 e. The topological polar surface area (TPSA) is 130 Å². The van der Waals surface area contributed by atoms with E-state index in [1.165, 1.54) is 36.3 Å². The molecule has 14 heteroatoms. The van der Waals surface area contributed by atoms with Gasteiger partial charge in [0.1, 0.15) is 17.6 Å². The maximum atomic E-state index is 14.1. The van der Waals surface area contributed by atoms with Crippen molar-refractivity contribution in [1.82, 2.24) is 30.3 Å². The van der Waals surface area contributed by atoms with Gasteiger partial charge in [0.25, 0.3) is 17.7 Å². The Balaban J connectivity index is 1.61. The summed E-state index contributed by atoms with van der Waals surface area (Å²) in [6, 6.07) is 6.76. The molecule has 0 unspecified atom stereocenters. The lowest BCUT2D eigenvalue weighted by Crippen LogP contribution is -2.58. The predicted molar refractivity (Wildman–Crippen MR) is 142 cm³/mol. The summed E-state index contributed by atoms with van der Waals surface area (Å²) in [6.45, 7) is 0.143. The molecule has 0 bridgehead atoms. The molecular weight excluding hydrogens is 548 g/mol. The smallest absolute Gasteiger partial charge is 0.318 e. The van der Waals surface area contributed by atoms with E-state index in [2.05, 4.69) is 26.0 Å². The number of anilines is 1. The number of pyridine rings is 1. The molecule has 1 saturated heterocycles. The van der Waals surface area contributed by atoms with E-state index in [1.807, 2.05) is 0 Å². The summed E-state index contributed by atoms with van der Waals surface area (Å²) in [6.07, 6.45) is 2.84. The van der Waals surface area contributed by atoms with Crippen LogP contribution in [0.25, 0.3) is 0 Å². The molecule has 0 aliphatic carbocycles. The van der Waals surface area contributed by atoms with E-state index >= 15 is 0 Å². The Kier molecular flexibility index (Phi) is 8.64. The third-order valence-electron chi connectivity index (χ3n) is 6.39. The van der Waals surface area contributed by atoms with Crippen molar-refractivity contribution in [3.63, 3.8) is 0 Å². The molecule has 1 aliphatic rings. The van der Waals surface area contributed by atoms with Gasteiger partial charge in [-0.3, -0.25) is 14.3 Å². The minimum absolute atomic E-state index is 0.0751. The minimum atomic E-state index is -3.13. The Labute approximate surface area is 233 Å². The second-order valence-corrected chi connectivity index (χ2v) is 9.74. The number of carbonyl (C=O) groups is 3. The monoisotopic (exact) mass is 575 g/mol. The lowest BCUT2D eigenvalue weighted by Gasteiger charge is -2.38. The fourth-order valence-electron chi connectivity index (χ4n) is 4.33. The highest BCUT2D eigenvalue weighted by Crippen LogP contribution is 2.29. The number of aromatic nitrogens is 3. The van der Waals surface area contributed by atoms with Crippen molar-refractivity contribution in [3.05, 3.63) is 76.2 Å². The average Bonchev–Trinajstić information content (AvgIpc) is 3.35. The van der Waals surface area contributed by atoms with Crippen molar-refractivity contribution in [3.8, 4) is 0 Å². The fourth-order valence-corrected chi connectivity index (χ4v) is 4.45. The molecule has 11 nitrogen and oxygen atoms in total. The summed E-state index contributed by atoms with van der Waals surface area (Å²) in [5.74, 6) is -4.20. The normalized spacial score (nSPS) is 16.1. The van der Waals surface area contributed by atoms with Gasteiger partial charge in [-0.2, -0.15) is 5.10 Å². The SMILES string of the molecule is COC[C@H](c1ccnc(NC(=O)[C@@H](NC(=O)c2ccnn2C)c2ccc(Cl)c(C)c2)c1)N1CC(F)(F)CNC1=O. The molecule has 4 rings (SSSR count). The van der Waals surface area contributed by atoms with Gasteiger partial charge in [0, 0.05) is 31.6 Å². The molecule has 2 atom stereocenters. The van der Waals surface area contributed by atoms with Gasteiger partial charge >= 0.3 is 6.03 Å². The number of nitrogens with zero attached hydrogens (tertiary/aromatic N) is 4. The van der Waals surface area contributed by atoms with E-state index in [1.54, 1.807) is 38.2 Å². The molecule has 212 valence electrons. The molecule has 1 aliphatic heterocycles. The number of aryl methyl sites for hydroxylation is 2. The van der Waals surface area contributed by atoms with E-state index < -0.39 is 48.9 Å². The molecule has 3 N–H and O–H groups in total. The molecule has 0 saturated carbocycles. The summed E-state index contributed by atoms with van der Waals surface area (Å²) < 4.78 is 34.8. The number of benzene rings is 1. The molecule has 2 aromatic heterocycles. The number of urea groups is 1. The standard InChI is InChI=1S/C26H28ClF2N7O4/c1-15-10-17(4-5-18(15)27)22(34-23(37)19-7-9-32-35(19)2)24(38)33-21-11-16(6-8-30-21)20(12-40-3)36-14-26(28,29)13-31-25(36)39/h4-11,20,22H,12-14H2,1-3H3,(H,31,39)(H,34,37)(H,30,33,38)/t20-,22+/m1/s1. The molecule has 3 aromatic rings. The van der Waals surface area contributed by atoms with E-state index in [0.717, 1.165) is 4.90 Å². The van der Waals surface area contributed by atoms with Crippen LogP contribution in [0.4, 0.5) is 19.4 Å². The first-order valence-corrected chi connectivity index (χ1v) is 12.6. The molecule has 40 heavy (non-hydrogen) atoms. The number of amides is 4. The third-order valence-corrected chi connectivity index (χ3v) is 6.81. The second-order valence-electron chi connectivity index (χ2n) is 9.33. The van der Waals surface area contributed by atoms with Gasteiger partial charge in [-0.15, -0.1) is 0 Å². The van der Waals surface area contributed by atoms with Crippen molar-refractivity contribution < 1.29 is 27.9 Å². The molecule has 0 spiro atoms. The fraction of sp³-hybridized carbons (Fsp3) is 0.346. The highest BCUT2D eigenvalue weighted by atomic mass is 35.5. The van der Waals surface area contributed by atoms with Crippen molar-refractivity contribution in [2.75, 3.05) is 32.1 Å². The van der Waals surface area contributed by atoms with Gasteiger partial charge < -0.3 is 25.6 Å². The molecular formula is C26H28ClF2N7O4. The summed E-state index contributed by atoms with van der Waals surface area (Å²) in [4.78, 5) is 44.1. The van der Waals surface area contributed by atoms with Crippen LogP contribution in [0.1, 0.15) is 39.3 Å². The van der Waals surface area contributed by atoms with Crippen molar-refractivity contribution >= 4 is 35.3 Å². The Morgan fingerprint density at radius 1 is 1.20 bits per heavy atom. The van der Waals surface area contributed by atoms with Crippen LogP contribution >= 0.6 is 11.6 Å². The number of methoxy groups -OCH3 is 1. The Bertz CT molecular complexity index is 1420. The number of hydrogen-bond acceptors (Lipinski definition) is 6. The first-order chi connectivity index (χ1) is 19.0.